The molecule has 0 spiro atoms. The summed E-state index contributed by atoms with van der Waals surface area (Å²) >= 11 is 0. The summed E-state index contributed by atoms with van der Waals surface area (Å²) in [6, 6.07) is 20.7. The van der Waals surface area contributed by atoms with Crippen LogP contribution in [0.5, 0.6) is 0 Å². The molecular formula is C22H25IN6. The zero-order valence-electron chi connectivity index (χ0n) is 16.4. The molecule has 0 amide bonds. The van der Waals surface area contributed by atoms with Gasteiger partial charge in [-0.2, -0.15) is 0 Å². The molecule has 29 heavy (non-hydrogen) atoms. The van der Waals surface area contributed by atoms with Gasteiger partial charge in [0, 0.05) is 25.8 Å². The second-order valence-electron chi connectivity index (χ2n) is 6.64. The van der Waals surface area contributed by atoms with Gasteiger partial charge in [0.25, 0.3) is 0 Å². The number of hydrogen-bond donors (Lipinski definition) is 1. The van der Waals surface area contributed by atoms with Crippen molar-refractivity contribution in [2.24, 2.45) is 4.99 Å². The van der Waals surface area contributed by atoms with Gasteiger partial charge in [0.05, 0.1) is 6.54 Å². The van der Waals surface area contributed by atoms with Gasteiger partial charge < -0.3 is 10.2 Å². The Kier molecular flexibility index (Phi) is 7.40. The lowest BCUT2D eigenvalue weighted by Crippen LogP contribution is -2.43. The monoisotopic (exact) mass is 500 g/mol. The zero-order valence-corrected chi connectivity index (χ0v) is 18.7. The van der Waals surface area contributed by atoms with E-state index < -0.39 is 0 Å². The van der Waals surface area contributed by atoms with Crippen molar-refractivity contribution in [3.63, 3.8) is 0 Å². The third-order valence-corrected chi connectivity index (χ3v) is 4.92. The molecule has 3 aromatic rings. The maximum atomic E-state index is 4.46. The van der Waals surface area contributed by atoms with Crippen LogP contribution in [0, 0.1) is 0 Å². The molecule has 0 aliphatic carbocycles. The summed E-state index contributed by atoms with van der Waals surface area (Å²) in [5.41, 5.74) is 3.75. The van der Waals surface area contributed by atoms with Crippen LogP contribution in [0.4, 0.5) is 0 Å². The minimum Gasteiger partial charge on any atom is -0.349 e. The Morgan fingerprint density at radius 2 is 1.79 bits per heavy atom. The summed E-state index contributed by atoms with van der Waals surface area (Å²) in [5, 5.41) is 11.8. The quantitative estimate of drug-likeness (QED) is 0.337. The maximum Gasteiger partial charge on any atom is 0.194 e. The Bertz CT molecular complexity index is 965. The summed E-state index contributed by atoms with van der Waals surface area (Å²) in [6.45, 7) is 2.34. The second kappa shape index (κ2) is 10.2. The number of nitrogens with zero attached hydrogens (tertiary/aromatic N) is 5. The van der Waals surface area contributed by atoms with E-state index >= 15 is 0 Å². The highest BCUT2D eigenvalue weighted by molar-refractivity contribution is 14.0. The van der Waals surface area contributed by atoms with Crippen molar-refractivity contribution in [1.82, 2.24) is 25.0 Å². The Balaban J connectivity index is 0.00000240. The Morgan fingerprint density at radius 3 is 2.45 bits per heavy atom. The normalized spacial score (nSPS) is 14.2. The van der Waals surface area contributed by atoms with Crippen molar-refractivity contribution >= 4 is 35.5 Å². The van der Waals surface area contributed by atoms with Crippen molar-refractivity contribution in [3.8, 4) is 5.69 Å². The molecule has 150 valence electrons. The molecule has 7 heteroatoms. The molecule has 2 aromatic carbocycles. The summed E-state index contributed by atoms with van der Waals surface area (Å²) < 4.78 is 1.99. The lowest BCUT2D eigenvalue weighted by Gasteiger charge is -2.29. The van der Waals surface area contributed by atoms with Crippen LogP contribution in [0.2, 0.25) is 0 Å². The first-order chi connectivity index (χ1) is 13.8. The number of halogens is 1. The smallest absolute Gasteiger partial charge is 0.194 e. The van der Waals surface area contributed by atoms with Crippen LogP contribution in [0.1, 0.15) is 17.8 Å². The number of para-hydroxylation sites is 1. The average Bonchev–Trinajstić information content (AvgIpc) is 3.24. The molecule has 0 unspecified atom stereocenters. The molecule has 6 nitrogen and oxygen atoms in total. The van der Waals surface area contributed by atoms with Gasteiger partial charge in [0.2, 0.25) is 0 Å². The molecule has 0 bridgehead atoms. The molecule has 1 N–H and O–H groups in total. The van der Waals surface area contributed by atoms with Gasteiger partial charge in [0.1, 0.15) is 6.33 Å². The zero-order chi connectivity index (χ0) is 19.2. The number of aromatic nitrogens is 3. The highest BCUT2D eigenvalue weighted by Crippen LogP contribution is 2.22. The van der Waals surface area contributed by atoms with Crippen LogP contribution in [0.15, 0.2) is 78.1 Å². The van der Waals surface area contributed by atoms with E-state index in [4.69, 9.17) is 0 Å². The predicted molar refractivity (Wildman–Crippen MR) is 128 cm³/mol. The van der Waals surface area contributed by atoms with Crippen LogP contribution in [0.3, 0.4) is 0 Å². The Hall–Kier alpha value is -2.68. The molecule has 0 saturated carbocycles. The van der Waals surface area contributed by atoms with E-state index in [2.05, 4.69) is 61.8 Å². The SMILES string of the molecule is CN=C(NCc1nncn1-c1ccccc1)N1CC=C(c2ccccc2)CC1.I. The predicted octanol–water partition coefficient (Wildman–Crippen LogP) is 3.75. The second-order valence-corrected chi connectivity index (χ2v) is 6.64. The van der Waals surface area contributed by atoms with Crippen molar-refractivity contribution in [2.45, 2.75) is 13.0 Å². The molecule has 4 rings (SSSR count). The molecule has 0 fully saturated rings. The fourth-order valence-corrected chi connectivity index (χ4v) is 3.45. The van der Waals surface area contributed by atoms with Gasteiger partial charge in [-0.15, -0.1) is 34.2 Å². The first-order valence-corrected chi connectivity index (χ1v) is 9.49. The lowest BCUT2D eigenvalue weighted by molar-refractivity contribution is 0.438. The third kappa shape index (κ3) is 5.03. The summed E-state index contributed by atoms with van der Waals surface area (Å²) in [6.07, 6.45) is 5.04. The van der Waals surface area contributed by atoms with E-state index in [1.165, 1.54) is 11.1 Å². The van der Waals surface area contributed by atoms with E-state index in [1.807, 2.05) is 41.9 Å². The summed E-state index contributed by atoms with van der Waals surface area (Å²) in [5.74, 6) is 1.73. The molecule has 0 atom stereocenters. The maximum absolute atomic E-state index is 4.46. The minimum absolute atomic E-state index is 0. The van der Waals surface area contributed by atoms with Crippen LogP contribution < -0.4 is 5.32 Å². The fraction of sp³-hybridized carbons (Fsp3) is 0.227. The van der Waals surface area contributed by atoms with Crippen molar-refractivity contribution < 1.29 is 0 Å². The van der Waals surface area contributed by atoms with Gasteiger partial charge in [-0.3, -0.25) is 9.56 Å². The Morgan fingerprint density at radius 1 is 1.07 bits per heavy atom. The molecule has 1 aromatic heterocycles. The number of guanidine groups is 1. The van der Waals surface area contributed by atoms with Gasteiger partial charge in [-0.25, -0.2) is 0 Å². The number of benzene rings is 2. The van der Waals surface area contributed by atoms with E-state index in [0.29, 0.717) is 6.54 Å². The first kappa shape index (κ1) is 21.0. The topological polar surface area (TPSA) is 58.3 Å². The lowest BCUT2D eigenvalue weighted by atomic mass is 10.00. The van der Waals surface area contributed by atoms with Gasteiger partial charge >= 0.3 is 0 Å². The molecule has 1 aliphatic heterocycles. The van der Waals surface area contributed by atoms with E-state index in [-0.39, 0.29) is 24.0 Å². The summed E-state index contributed by atoms with van der Waals surface area (Å²) in [4.78, 5) is 6.72. The number of hydrogen-bond acceptors (Lipinski definition) is 3. The molecular weight excluding hydrogens is 475 g/mol. The van der Waals surface area contributed by atoms with Crippen LogP contribution in [0.25, 0.3) is 11.3 Å². The average molecular weight is 500 g/mol. The highest BCUT2D eigenvalue weighted by Gasteiger charge is 2.17. The third-order valence-electron chi connectivity index (χ3n) is 4.92. The first-order valence-electron chi connectivity index (χ1n) is 9.49. The fourth-order valence-electron chi connectivity index (χ4n) is 3.45. The molecule has 0 radical (unpaired) electrons. The summed E-state index contributed by atoms with van der Waals surface area (Å²) in [7, 11) is 1.82. The number of rotatable bonds is 4. The van der Waals surface area contributed by atoms with Crippen LogP contribution in [-0.2, 0) is 6.54 Å². The van der Waals surface area contributed by atoms with E-state index in [0.717, 1.165) is 37.0 Å². The van der Waals surface area contributed by atoms with E-state index in [9.17, 15) is 0 Å². The van der Waals surface area contributed by atoms with Gasteiger partial charge in [-0.05, 0) is 29.7 Å². The molecule has 1 aliphatic rings. The van der Waals surface area contributed by atoms with Crippen LogP contribution in [-0.4, -0.2) is 45.8 Å². The van der Waals surface area contributed by atoms with Crippen molar-refractivity contribution in [3.05, 3.63) is 84.5 Å². The van der Waals surface area contributed by atoms with Crippen LogP contribution >= 0.6 is 24.0 Å². The van der Waals surface area contributed by atoms with Gasteiger partial charge in [-0.1, -0.05) is 54.6 Å². The standard InChI is InChI=1S/C22H24N6.HI/c1-23-22(27-14-12-19(13-15-27)18-8-4-2-5-9-18)24-16-21-26-25-17-28(21)20-10-6-3-7-11-20;/h2-12,17H,13-16H2,1H3,(H,23,24);1H. The van der Waals surface area contributed by atoms with Gasteiger partial charge in [0.15, 0.2) is 11.8 Å². The largest absolute Gasteiger partial charge is 0.349 e. The van der Waals surface area contributed by atoms with Crippen molar-refractivity contribution in [1.29, 1.82) is 0 Å². The number of aliphatic imine (C=N–C) groups is 1. The van der Waals surface area contributed by atoms with E-state index in [1.54, 1.807) is 6.33 Å². The highest BCUT2D eigenvalue weighted by atomic mass is 127. The number of nitrogens with one attached hydrogen (secondary N) is 1. The van der Waals surface area contributed by atoms with Crippen molar-refractivity contribution in [2.75, 3.05) is 20.1 Å². The molecule has 0 saturated heterocycles. The molecule has 2 heterocycles. The minimum atomic E-state index is 0. The Labute approximate surface area is 188 Å².